The molecule has 0 aliphatic carbocycles. The van der Waals surface area contributed by atoms with E-state index in [0.29, 0.717) is 12.2 Å². The standard InChI is InChI=1S/C12H15NO4/c1-2-17-12(16)8-13-11(15)7-9-4-3-5-10(14)6-9/h3-6,14H,2,7-8H2,1H3,(H,13,15). The number of phenols is 1. The van der Waals surface area contributed by atoms with Crippen LogP contribution >= 0.6 is 0 Å². The fourth-order valence-corrected chi connectivity index (χ4v) is 1.30. The van der Waals surface area contributed by atoms with Crippen LogP contribution in [0.5, 0.6) is 5.75 Å². The zero-order valence-corrected chi connectivity index (χ0v) is 9.60. The highest BCUT2D eigenvalue weighted by atomic mass is 16.5. The second-order valence-corrected chi connectivity index (χ2v) is 3.43. The highest BCUT2D eigenvalue weighted by molar-refractivity contribution is 5.83. The second kappa shape index (κ2) is 6.52. The summed E-state index contributed by atoms with van der Waals surface area (Å²) >= 11 is 0. The van der Waals surface area contributed by atoms with Crippen molar-refractivity contribution >= 4 is 11.9 Å². The molecule has 0 saturated carbocycles. The van der Waals surface area contributed by atoms with Crippen molar-refractivity contribution in [2.75, 3.05) is 13.2 Å². The third-order valence-electron chi connectivity index (χ3n) is 2.01. The number of rotatable bonds is 5. The first kappa shape index (κ1) is 13.0. The molecule has 0 aliphatic heterocycles. The molecule has 0 fully saturated rings. The van der Waals surface area contributed by atoms with Gasteiger partial charge in [-0.3, -0.25) is 9.59 Å². The van der Waals surface area contributed by atoms with E-state index in [1.54, 1.807) is 19.1 Å². The molecular formula is C12H15NO4. The van der Waals surface area contributed by atoms with E-state index in [9.17, 15) is 14.7 Å². The maximum Gasteiger partial charge on any atom is 0.325 e. The molecule has 0 atom stereocenters. The topological polar surface area (TPSA) is 75.6 Å². The monoisotopic (exact) mass is 237 g/mol. The Kier molecular flexibility index (Phi) is 5.00. The lowest BCUT2D eigenvalue weighted by Gasteiger charge is -2.05. The molecule has 0 aromatic heterocycles. The third kappa shape index (κ3) is 5.01. The molecule has 0 unspecified atom stereocenters. The number of hydrogen-bond donors (Lipinski definition) is 2. The van der Waals surface area contributed by atoms with Crippen LogP contribution in [0.2, 0.25) is 0 Å². The van der Waals surface area contributed by atoms with E-state index in [-0.39, 0.29) is 24.6 Å². The number of phenolic OH excluding ortho intramolecular Hbond substituents is 1. The van der Waals surface area contributed by atoms with Crippen LogP contribution in [-0.4, -0.2) is 30.1 Å². The average molecular weight is 237 g/mol. The number of ether oxygens (including phenoxy) is 1. The van der Waals surface area contributed by atoms with Crippen LogP contribution in [0.1, 0.15) is 12.5 Å². The minimum atomic E-state index is -0.461. The van der Waals surface area contributed by atoms with Gasteiger partial charge in [0.05, 0.1) is 13.0 Å². The Balaban J connectivity index is 2.37. The number of esters is 1. The summed E-state index contributed by atoms with van der Waals surface area (Å²) in [5, 5.41) is 11.6. The number of amides is 1. The van der Waals surface area contributed by atoms with Crippen molar-refractivity contribution in [2.45, 2.75) is 13.3 Å². The van der Waals surface area contributed by atoms with E-state index in [4.69, 9.17) is 0 Å². The van der Waals surface area contributed by atoms with Gasteiger partial charge in [0, 0.05) is 0 Å². The first-order valence-corrected chi connectivity index (χ1v) is 5.32. The lowest BCUT2D eigenvalue weighted by molar-refractivity contribution is -0.143. The lowest BCUT2D eigenvalue weighted by atomic mass is 10.1. The van der Waals surface area contributed by atoms with Crippen LogP contribution in [0.3, 0.4) is 0 Å². The molecule has 17 heavy (non-hydrogen) atoms. The van der Waals surface area contributed by atoms with Crippen molar-refractivity contribution < 1.29 is 19.4 Å². The highest BCUT2D eigenvalue weighted by Gasteiger charge is 2.07. The molecule has 0 bridgehead atoms. The molecule has 2 N–H and O–H groups in total. The molecule has 0 spiro atoms. The van der Waals surface area contributed by atoms with E-state index < -0.39 is 5.97 Å². The van der Waals surface area contributed by atoms with E-state index in [1.165, 1.54) is 12.1 Å². The summed E-state index contributed by atoms with van der Waals surface area (Å²) in [7, 11) is 0. The van der Waals surface area contributed by atoms with Crippen molar-refractivity contribution in [2.24, 2.45) is 0 Å². The Morgan fingerprint density at radius 3 is 2.82 bits per heavy atom. The van der Waals surface area contributed by atoms with E-state index in [2.05, 4.69) is 10.1 Å². The highest BCUT2D eigenvalue weighted by Crippen LogP contribution is 2.10. The number of aromatic hydroxyl groups is 1. The smallest absolute Gasteiger partial charge is 0.325 e. The summed E-state index contributed by atoms with van der Waals surface area (Å²) in [6.45, 7) is 1.86. The maximum atomic E-state index is 11.4. The van der Waals surface area contributed by atoms with Gasteiger partial charge in [0.25, 0.3) is 0 Å². The minimum absolute atomic E-state index is 0.112. The maximum absolute atomic E-state index is 11.4. The number of carbonyl (C=O) groups excluding carboxylic acids is 2. The molecule has 0 aliphatic rings. The van der Waals surface area contributed by atoms with Gasteiger partial charge in [0.1, 0.15) is 12.3 Å². The zero-order valence-electron chi connectivity index (χ0n) is 9.60. The number of nitrogens with one attached hydrogen (secondary N) is 1. The molecular weight excluding hydrogens is 222 g/mol. The number of hydrogen-bond acceptors (Lipinski definition) is 4. The second-order valence-electron chi connectivity index (χ2n) is 3.43. The molecule has 0 heterocycles. The minimum Gasteiger partial charge on any atom is -0.508 e. The fraction of sp³-hybridized carbons (Fsp3) is 0.333. The zero-order chi connectivity index (χ0) is 12.7. The lowest BCUT2D eigenvalue weighted by Crippen LogP contribution is -2.31. The summed E-state index contributed by atoms with van der Waals surface area (Å²) in [5.74, 6) is -0.638. The van der Waals surface area contributed by atoms with E-state index >= 15 is 0 Å². The molecule has 5 heteroatoms. The van der Waals surface area contributed by atoms with Gasteiger partial charge in [-0.2, -0.15) is 0 Å². The molecule has 1 amide bonds. The van der Waals surface area contributed by atoms with Gasteiger partial charge in [-0.15, -0.1) is 0 Å². The van der Waals surface area contributed by atoms with Crippen LogP contribution in [0.4, 0.5) is 0 Å². The van der Waals surface area contributed by atoms with Gasteiger partial charge >= 0.3 is 5.97 Å². The predicted molar refractivity (Wildman–Crippen MR) is 61.5 cm³/mol. The van der Waals surface area contributed by atoms with Crippen LogP contribution in [-0.2, 0) is 20.7 Å². The Labute approximate surface area is 99.4 Å². The summed E-state index contributed by atoms with van der Waals surface area (Å²) in [6.07, 6.45) is 0.119. The van der Waals surface area contributed by atoms with Gasteiger partial charge in [-0.05, 0) is 24.6 Å². The van der Waals surface area contributed by atoms with Crippen LogP contribution < -0.4 is 5.32 Å². The van der Waals surface area contributed by atoms with Crippen molar-refractivity contribution in [1.29, 1.82) is 0 Å². The van der Waals surface area contributed by atoms with Gasteiger partial charge in [0.15, 0.2) is 0 Å². The largest absolute Gasteiger partial charge is 0.508 e. The van der Waals surface area contributed by atoms with Gasteiger partial charge in [-0.1, -0.05) is 12.1 Å². The van der Waals surface area contributed by atoms with Gasteiger partial charge in [-0.25, -0.2) is 0 Å². The molecule has 0 radical (unpaired) electrons. The Hall–Kier alpha value is -2.04. The predicted octanol–water partition coefficient (Wildman–Crippen LogP) is 0.614. The SMILES string of the molecule is CCOC(=O)CNC(=O)Cc1cccc(O)c1. The molecule has 0 saturated heterocycles. The number of benzene rings is 1. The third-order valence-corrected chi connectivity index (χ3v) is 2.01. The quantitative estimate of drug-likeness (QED) is 0.736. The fourth-order valence-electron chi connectivity index (χ4n) is 1.30. The van der Waals surface area contributed by atoms with E-state index in [1.807, 2.05) is 0 Å². The van der Waals surface area contributed by atoms with Crippen molar-refractivity contribution in [3.8, 4) is 5.75 Å². The van der Waals surface area contributed by atoms with Crippen molar-refractivity contribution in [3.05, 3.63) is 29.8 Å². The van der Waals surface area contributed by atoms with Crippen molar-refractivity contribution in [1.82, 2.24) is 5.32 Å². The normalized spacial score (nSPS) is 9.71. The van der Waals surface area contributed by atoms with Crippen LogP contribution in [0, 0.1) is 0 Å². The Morgan fingerprint density at radius 2 is 2.18 bits per heavy atom. The molecule has 1 aromatic carbocycles. The molecule has 1 rings (SSSR count). The molecule has 5 nitrogen and oxygen atoms in total. The summed E-state index contributed by atoms with van der Waals surface area (Å²) < 4.78 is 4.67. The first-order valence-electron chi connectivity index (χ1n) is 5.32. The van der Waals surface area contributed by atoms with Crippen LogP contribution in [0.25, 0.3) is 0 Å². The van der Waals surface area contributed by atoms with Gasteiger partial charge in [0.2, 0.25) is 5.91 Å². The average Bonchev–Trinajstić information content (AvgIpc) is 2.27. The molecule has 92 valence electrons. The number of carbonyl (C=O) groups is 2. The first-order chi connectivity index (χ1) is 8.11. The summed E-state index contributed by atoms with van der Waals surface area (Å²) in [5.41, 5.74) is 0.686. The summed E-state index contributed by atoms with van der Waals surface area (Å²) in [4.78, 5) is 22.4. The van der Waals surface area contributed by atoms with Gasteiger partial charge < -0.3 is 15.2 Å². The Morgan fingerprint density at radius 1 is 1.41 bits per heavy atom. The molecule has 1 aromatic rings. The van der Waals surface area contributed by atoms with E-state index in [0.717, 1.165) is 0 Å². The van der Waals surface area contributed by atoms with Crippen molar-refractivity contribution in [3.63, 3.8) is 0 Å². The summed E-state index contributed by atoms with van der Waals surface area (Å²) in [6, 6.07) is 6.41. The Bertz CT molecular complexity index is 403. The van der Waals surface area contributed by atoms with Crippen LogP contribution in [0.15, 0.2) is 24.3 Å².